The molecular formula is C6H16O2SSi. The normalized spacial score (nSPS) is 15.3. The molecule has 0 bridgehead atoms. The van der Waals surface area contributed by atoms with Crippen LogP contribution in [-0.4, -0.2) is 33.9 Å². The van der Waals surface area contributed by atoms with Crippen LogP contribution in [0.5, 0.6) is 0 Å². The molecule has 2 nitrogen and oxygen atoms in total. The van der Waals surface area contributed by atoms with Crippen LogP contribution in [0.4, 0.5) is 0 Å². The van der Waals surface area contributed by atoms with Gasteiger partial charge in [-0.2, -0.15) is 11.8 Å². The van der Waals surface area contributed by atoms with E-state index in [1.165, 1.54) is 0 Å². The van der Waals surface area contributed by atoms with Crippen LogP contribution < -0.4 is 0 Å². The molecule has 10 heavy (non-hydrogen) atoms. The molecule has 0 aliphatic carbocycles. The van der Waals surface area contributed by atoms with Gasteiger partial charge in [0.25, 0.3) is 0 Å². The summed E-state index contributed by atoms with van der Waals surface area (Å²) in [7, 11) is 1.61. The van der Waals surface area contributed by atoms with Crippen molar-refractivity contribution in [2.24, 2.45) is 0 Å². The predicted octanol–water partition coefficient (Wildman–Crippen LogP) is 1.64. The van der Waals surface area contributed by atoms with Crippen LogP contribution in [0.1, 0.15) is 6.92 Å². The molecule has 0 saturated heterocycles. The maximum atomic E-state index is 5.34. The van der Waals surface area contributed by atoms with Crippen LogP contribution in [0.15, 0.2) is 0 Å². The molecule has 0 aliphatic rings. The fourth-order valence-electron chi connectivity index (χ4n) is 0.629. The molecule has 0 aromatic rings. The molecule has 0 aliphatic heterocycles. The second-order valence-electron chi connectivity index (χ2n) is 2.30. The Morgan fingerprint density at radius 1 is 1.30 bits per heavy atom. The Balaban J connectivity index is 4.02. The lowest BCUT2D eigenvalue weighted by Gasteiger charge is -2.27. The van der Waals surface area contributed by atoms with Crippen LogP contribution in [0.2, 0.25) is 6.55 Å². The highest BCUT2D eigenvalue weighted by Gasteiger charge is 2.35. The average Bonchev–Trinajstić information content (AvgIpc) is 2.01. The van der Waals surface area contributed by atoms with Crippen LogP contribution in [-0.2, 0) is 8.85 Å². The Morgan fingerprint density at radius 2 is 1.70 bits per heavy atom. The summed E-state index contributed by atoms with van der Waals surface area (Å²) in [5.74, 6) is 0. The first-order valence-corrected chi connectivity index (χ1v) is 6.92. The molecule has 0 saturated carbocycles. The zero-order valence-electron chi connectivity index (χ0n) is 7.30. The summed E-state index contributed by atoms with van der Waals surface area (Å²) in [5.41, 5.74) is 0. The van der Waals surface area contributed by atoms with E-state index in [2.05, 4.69) is 19.7 Å². The van der Waals surface area contributed by atoms with Crippen LogP contribution in [0, 0.1) is 0 Å². The number of hydrogen-bond acceptors (Lipinski definition) is 3. The van der Waals surface area contributed by atoms with E-state index in [4.69, 9.17) is 8.85 Å². The fourth-order valence-corrected chi connectivity index (χ4v) is 3.75. The largest absolute Gasteiger partial charge is 0.397 e. The van der Waals surface area contributed by atoms with E-state index in [1.54, 1.807) is 26.0 Å². The summed E-state index contributed by atoms with van der Waals surface area (Å²) in [6.45, 7) is 4.22. The first-order chi connectivity index (χ1) is 4.60. The molecule has 0 rings (SSSR count). The molecule has 0 heterocycles. The molecule has 1 unspecified atom stereocenters. The van der Waals surface area contributed by atoms with Gasteiger partial charge in [-0.1, -0.05) is 6.92 Å². The molecule has 0 aromatic carbocycles. The smallest absolute Gasteiger partial charge is 0.347 e. The zero-order valence-corrected chi connectivity index (χ0v) is 9.12. The lowest BCUT2D eigenvalue weighted by molar-refractivity contribution is 0.249. The number of thioether (sulfide) groups is 1. The first kappa shape index (κ1) is 10.5. The highest BCUT2D eigenvalue weighted by Crippen LogP contribution is 2.20. The highest BCUT2D eigenvalue weighted by molar-refractivity contribution is 8.00. The van der Waals surface area contributed by atoms with Gasteiger partial charge < -0.3 is 8.85 Å². The molecule has 0 radical (unpaired) electrons. The van der Waals surface area contributed by atoms with Gasteiger partial charge in [0.2, 0.25) is 0 Å². The minimum atomic E-state index is -1.84. The maximum absolute atomic E-state index is 5.34. The van der Waals surface area contributed by atoms with Crippen LogP contribution >= 0.6 is 11.8 Å². The van der Waals surface area contributed by atoms with Crippen molar-refractivity contribution < 1.29 is 8.85 Å². The van der Waals surface area contributed by atoms with E-state index in [0.29, 0.717) is 4.87 Å². The minimum absolute atomic E-state index is 0.488. The summed E-state index contributed by atoms with van der Waals surface area (Å²) < 4.78 is 10.7. The summed E-state index contributed by atoms with van der Waals surface area (Å²) in [5, 5.41) is 0. The zero-order chi connectivity index (χ0) is 8.20. The number of hydrogen-bond donors (Lipinski definition) is 0. The van der Waals surface area contributed by atoms with Gasteiger partial charge in [0.15, 0.2) is 0 Å². The van der Waals surface area contributed by atoms with E-state index in [9.17, 15) is 0 Å². The maximum Gasteiger partial charge on any atom is 0.347 e. The van der Waals surface area contributed by atoms with Crippen molar-refractivity contribution in [3.63, 3.8) is 0 Å². The van der Waals surface area contributed by atoms with Gasteiger partial charge in [-0.15, -0.1) is 0 Å². The molecular weight excluding hydrogens is 164 g/mol. The van der Waals surface area contributed by atoms with Gasteiger partial charge in [0.1, 0.15) is 0 Å². The standard InChI is InChI=1S/C6H16O2SSi/c1-6(9-4)10(5,7-2)8-3/h6H,1-5H3. The Labute approximate surface area is 68.5 Å². The third-order valence-corrected chi connectivity index (χ3v) is 7.70. The van der Waals surface area contributed by atoms with Gasteiger partial charge in [-0.3, -0.25) is 0 Å². The quantitative estimate of drug-likeness (QED) is 0.613. The van der Waals surface area contributed by atoms with Crippen LogP contribution in [0.25, 0.3) is 0 Å². The van der Waals surface area contributed by atoms with Crippen molar-refractivity contribution in [3.8, 4) is 0 Å². The Hall–Kier alpha value is 0.487. The minimum Gasteiger partial charge on any atom is -0.397 e. The third-order valence-electron chi connectivity index (χ3n) is 1.90. The first-order valence-electron chi connectivity index (χ1n) is 3.23. The van der Waals surface area contributed by atoms with E-state index in [-0.39, 0.29) is 0 Å². The van der Waals surface area contributed by atoms with Gasteiger partial charge in [-0.25, -0.2) is 0 Å². The van der Waals surface area contributed by atoms with Gasteiger partial charge in [-0.05, 0) is 12.8 Å². The summed E-state index contributed by atoms with van der Waals surface area (Å²) in [6.07, 6.45) is 2.08. The van der Waals surface area contributed by atoms with Crippen molar-refractivity contribution in [3.05, 3.63) is 0 Å². The number of rotatable bonds is 4. The topological polar surface area (TPSA) is 18.5 Å². The van der Waals surface area contributed by atoms with E-state index < -0.39 is 8.56 Å². The van der Waals surface area contributed by atoms with E-state index in [0.717, 1.165) is 0 Å². The van der Waals surface area contributed by atoms with Gasteiger partial charge in [0, 0.05) is 19.1 Å². The Bertz CT molecular complexity index is 95.7. The lowest BCUT2D eigenvalue weighted by Crippen LogP contribution is -2.45. The molecule has 1 atom stereocenters. The molecule has 0 spiro atoms. The van der Waals surface area contributed by atoms with Crippen LogP contribution in [0.3, 0.4) is 0 Å². The lowest BCUT2D eigenvalue weighted by atomic mass is 11.0. The Kier molecular flexibility index (Phi) is 4.60. The monoisotopic (exact) mass is 180 g/mol. The van der Waals surface area contributed by atoms with Crippen molar-refractivity contribution in [1.29, 1.82) is 0 Å². The second kappa shape index (κ2) is 4.38. The summed E-state index contributed by atoms with van der Waals surface area (Å²) in [6, 6.07) is 0. The highest BCUT2D eigenvalue weighted by atomic mass is 32.2. The van der Waals surface area contributed by atoms with E-state index in [1.807, 2.05) is 0 Å². The van der Waals surface area contributed by atoms with Crippen molar-refractivity contribution in [1.82, 2.24) is 0 Å². The molecule has 4 heteroatoms. The van der Waals surface area contributed by atoms with Crippen molar-refractivity contribution >= 4 is 20.3 Å². The molecule has 0 fully saturated rings. The van der Waals surface area contributed by atoms with E-state index >= 15 is 0 Å². The summed E-state index contributed by atoms with van der Waals surface area (Å²) in [4.78, 5) is 0.488. The average molecular weight is 180 g/mol. The molecule has 62 valence electrons. The Morgan fingerprint density at radius 3 is 1.80 bits per heavy atom. The van der Waals surface area contributed by atoms with Crippen molar-refractivity contribution in [2.45, 2.75) is 18.3 Å². The summed E-state index contributed by atoms with van der Waals surface area (Å²) >= 11 is 1.79. The molecule has 0 amide bonds. The second-order valence-corrected chi connectivity index (χ2v) is 7.61. The van der Waals surface area contributed by atoms with Gasteiger partial charge >= 0.3 is 8.56 Å². The third kappa shape index (κ3) is 2.27. The van der Waals surface area contributed by atoms with Gasteiger partial charge in [0.05, 0.1) is 0 Å². The molecule has 0 aromatic heterocycles. The predicted molar refractivity (Wildman–Crippen MR) is 48.6 cm³/mol. The SMILES string of the molecule is CO[Si](C)(OC)C(C)SC. The fraction of sp³-hybridized carbons (Fsp3) is 1.00. The van der Waals surface area contributed by atoms with Crippen molar-refractivity contribution in [2.75, 3.05) is 20.5 Å². The molecule has 0 N–H and O–H groups in total.